The first-order valence-corrected chi connectivity index (χ1v) is 6.43. The van der Waals surface area contributed by atoms with E-state index in [0.717, 1.165) is 32.4 Å². The van der Waals surface area contributed by atoms with Crippen molar-refractivity contribution in [1.82, 2.24) is 31.3 Å². The zero-order valence-corrected chi connectivity index (χ0v) is 10.9. The summed E-state index contributed by atoms with van der Waals surface area (Å²) in [6.07, 6.45) is 2.63. The predicted molar refractivity (Wildman–Crippen MR) is 65.6 cm³/mol. The highest BCUT2D eigenvalue weighted by molar-refractivity contribution is 5.83. The first kappa shape index (κ1) is 12.9. The number of carbonyl (C=O) groups excluding carboxylic acids is 1. The number of rotatable bonds is 4. The van der Waals surface area contributed by atoms with Crippen molar-refractivity contribution < 1.29 is 4.79 Å². The molecule has 1 aliphatic rings. The number of nitrogens with zero attached hydrogens (tertiary/aromatic N) is 3. The van der Waals surface area contributed by atoms with Crippen LogP contribution in [0.4, 0.5) is 0 Å². The number of carbonyl (C=O) groups is 1. The van der Waals surface area contributed by atoms with Gasteiger partial charge in [0.2, 0.25) is 5.91 Å². The lowest BCUT2D eigenvalue weighted by Gasteiger charge is -2.36. The molecule has 18 heavy (non-hydrogen) atoms. The fourth-order valence-electron chi connectivity index (χ4n) is 2.41. The summed E-state index contributed by atoms with van der Waals surface area (Å²) in [5.74, 6) is 0.618. The molecule has 0 aromatic carbocycles. The van der Waals surface area contributed by atoms with E-state index in [0.29, 0.717) is 5.82 Å². The fraction of sp³-hybridized carbons (Fsp3) is 0.818. The third-order valence-electron chi connectivity index (χ3n) is 3.82. The molecule has 7 heteroatoms. The summed E-state index contributed by atoms with van der Waals surface area (Å²) in [6, 6.07) is -0.213. The normalized spacial score (nSPS) is 20.3. The van der Waals surface area contributed by atoms with Gasteiger partial charge in [-0.25, -0.2) is 0 Å². The van der Waals surface area contributed by atoms with Gasteiger partial charge in [0.1, 0.15) is 0 Å². The predicted octanol–water partition coefficient (Wildman–Crippen LogP) is 0.157. The zero-order valence-electron chi connectivity index (χ0n) is 10.9. The van der Waals surface area contributed by atoms with E-state index in [4.69, 9.17) is 0 Å². The van der Waals surface area contributed by atoms with Gasteiger partial charge in [0, 0.05) is 0 Å². The number of hydrogen-bond donors (Lipinski definition) is 3. The van der Waals surface area contributed by atoms with Crippen LogP contribution in [-0.2, 0) is 4.79 Å². The molecule has 7 nitrogen and oxygen atoms in total. The van der Waals surface area contributed by atoms with Gasteiger partial charge in [0.05, 0.1) is 11.5 Å². The number of tetrazole rings is 1. The Morgan fingerprint density at radius 1 is 1.50 bits per heavy atom. The molecule has 1 unspecified atom stereocenters. The third kappa shape index (κ3) is 2.50. The van der Waals surface area contributed by atoms with Crippen molar-refractivity contribution in [2.75, 3.05) is 13.1 Å². The minimum Gasteiger partial charge on any atom is -0.346 e. The molecule has 2 heterocycles. The molecule has 0 aliphatic carbocycles. The van der Waals surface area contributed by atoms with E-state index >= 15 is 0 Å². The molecule has 1 aliphatic heterocycles. The van der Waals surface area contributed by atoms with Gasteiger partial charge in [-0.15, -0.1) is 10.2 Å². The van der Waals surface area contributed by atoms with E-state index in [9.17, 15) is 4.79 Å². The van der Waals surface area contributed by atoms with Crippen LogP contribution in [0, 0.1) is 5.41 Å². The van der Waals surface area contributed by atoms with Gasteiger partial charge in [-0.1, -0.05) is 12.1 Å². The molecule has 1 amide bonds. The minimum absolute atomic E-state index is 0.101. The van der Waals surface area contributed by atoms with Gasteiger partial charge < -0.3 is 10.6 Å². The maximum absolute atomic E-state index is 12.4. The van der Waals surface area contributed by atoms with E-state index in [1.807, 2.05) is 6.92 Å². The Bertz CT molecular complexity index is 384. The van der Waals surface area contributed by atoms with Crippen molar-refractivity contribution >= 4 is 5.91 Å². The van der Waals surface area contributed by atoms with Crippen LogP contribution in [-0.4, -0.2) is 39.6 Å². The highest BCUT2D eigenvalue weighted by Gasteiger charge is 2.38. The first-order chi connectivity index (χ1) is 8.68. The molecule has 1 saturated heterocycles. The molecule has 2 rings (SSSR count). The molecule has 1 aromatic heterocycles. The summed E-state index contributed by atoms with van der Waals surface area (Å²) in [5, 5.41) is 20.0. The summed E-state index contributed by atoms with van der Waals surface area (Å²) in [5.41, 5.74) is -0.247. The Hall–Kier alpha value is -1.50. The van der Waals surface area contributed by atoms with Crippen LogP contribution in [0.25, 0.3) is 0 Å². The summed E-state index contributed by atoms with van der Waals surface area (Å²) < 4.78 is 0. The summed E-state index contributed by atoms with van der Waals surface area (Å²) in [4.78, 5) is 12.4. The highest BCUT2D eigenvalue weighted by Crippen LogP contribution is 2.33. The van der Waals surface area contributed by atoms with Crippen molar-refractivity contribution in [3.8, 4) is 0 Å². The Balaban J connectivity index is 2.01. The Morgan fingerprint density at radius 2 is 2.22 bits per heavy atom. The number of aromatic nitrogens is 4. The average molecular weight is 252 g/mol. The second-order valence-corrected chi connectivity index (χ2v) is 4.85. The van der Waals surface area contributed by atoms with Gasteiger partial charge in [-0.3, -0.25) is 4.79 Å². The smallest absolute Gasteiger partial charge is 0.226 e. The molecule has 0 bridgehead atoms. The van der Waals surface area contributed by atoms with Crippen molar-refractivity contribution in [3.05, 3.63) is 5.82 Å². The van der Waals surface area contributed by atoms with Crippen molar-refractivity contribution in [2.45, 2.75) is 39.2 Å². The molecule has 3 N–H and O–H groups in total. The Labute approximate surface area is 106 Å². The number of hydrogen-bond acceptors (Lipinski definition) is 5. The topological polar surface area (TPSA) is 95.6 Å². The molecule has 100 valence electrons. The maximum atomic E-state index is 12.4. The maximum Gasteiger partial charge on any atom is 0.226 e. The van der Waals surface area contributed by atoms with Crippen molar-refractivity contribution in [1.29, 1.82) is 0 Å². The monoisotopic (exact) mass is 252 g/mol. The average Bonchev–Trinajstić information content (AvgIpc) is 2.93. The molecule has 1 atom stereocenters. The molecule has 0 saturated carbocycles. The Kier molecular flexibility index (Phi) is 3.90. The van der Waals surface area contributed by atoms with Crippen LogP contribution in [0.5, 0.6) is 0 Å². The van der Waals surface area contributed by atoms with Crippen molar-refractivity contribution in [3.63, 3.8) is 0 Å². The summed E-state index contributed by atoms with van der Waals surface area (Å²) >= 11 is 0. The van der Waals surface area contributed by atoms with Gasteiger partial charge in [-0.2, -0.15) is 5.21 Å². The second kappa shape index (κ2) is 5.43. The summed E-state index contributed by atoms with van der Waals surface area (Å²) in [7, 11) is 0. The fourth-order valence-corrected chi connectivity index (χ4v) is 2.41. The first-order valence-electron chi connectivity index (χ1n) is 6.43. The number of nitrogens with one attached hydrogen (secondary N) is 3. The molecule has 0 spiro atoms. The Morgan fingerprint density at radius 3 is 2.78 bits per heavy atom. The molecule has 1 aromatic rings. The van der Waals surface area contributed by atoms with Gasteiger partial charge >= 0.3 is 0 Å². The van der Waals surface area contributed by atoms with E-state index in [2.05, 4.69) is 38.2 Å². The third-order valence-corrected chi connectivity index (χ3v) is 3.82. The van der Waals surface area contributed by atoms with Gasteiger partial charge in [0.25, 0.3) is 0 Å². The SMILES string of the molecule is CCC1(C(=O)NC(C)c2nn[nH]n2)CCNCC1. The van der Waals surface area contributed by atoms with Crippen LogP contribution >= 0.6 is 0 Å². The van der Waals surface area contributed by atoms with Crippen LogP contribution in [0.2, 0.25) is 0 Å². The summed E-state index contributed by atoms with van der Waals surface area (Å²) in [6.45, 7) is 5.74. The molecule has 0 radical (unpaired) electrons. The lowest BCUT2D eigenvalue weighted by atomic mass is 9.75. The van der Waals surface area contributed by atoms with Crippen LogP contribution in [0.3, 0.4) is 0 Å². The highest BCUT2D eigenvalue weighted by atomic mass is 16.2. The van der Waals surface area contributed by atoms with E-state index in [-0.39, 0.29) is 17.4 Å². The molecular formula is C11H20N6O. The number of amides is 1. The number of H-pyrrole nitrogens is 1. The molecule has 1 fully saturated rings. The number of aromatic amines is 1. The second-order valence-electron chi connectivity index (χ2n) is 4.85. The van der Waals surface area contributed by atoms with E-state index < -0.39 is 0 Å². The van der Waals surface area contributed by atoms with Gasteiger partial charge in [0.15, 0.2) is 5.82 Å². The quantitative estimate of drug-likeness (QED) is 0.709. The minimum atomic E-state index is -0.247. The van der Waals surface area contributed by atoms with Crippen LogP contribution in [0.15, 0.2) is 0 Å². The van der Waals surface area contributed by atoms with E-state index in [1.165, 1.54) is 0 Å². The van der Waals surface area contributed by atoms with Gasteiger partial charge in [-0.05, 0) is 39.3 Å². The lowest BCUT2D eigenvalue weighted by Crippen LogP contribution is -2.48. The zero-order chi connectivity index (χ0) is 13.0. The largest absolute Gasteiger partial charge is 0.346 e. The van der Waals surface area contributed by atoms with Crippen LogP contribution in [0.1, 0.15) is 45.0 Å². The molecular weight excluding hydrogens is 232 g/mol. The van der Waals surface area contributed by atoms with Crippen molar-refractivity contribution in [2.24, 2.45) is 5.41 Å². The standard InChI is InChI=1S/C11H20N6O/c1-3-11(4-6-12-7-5-11)10(18)13-8(2)9-14-16-17-15-9/h8,12H,3-7H2,1-2H3,(H,13,18)(H,14,15,16,17). The van der Waals surface area contributed by atoms with E-state index in [1.54, 1.807) is 0 Å². The lowest BCUT2D eigenvalue weighted by molar-refractivity contribution is -0.133. The number of piperidine rings is 1. The van der Waals surface area contributed by atoms with Crippen LogP contribution < -0.4 is 10.6 Å².